The molecule has 0 spiro atoms. The fourth-order valence-electron chi connectivity index (χ4n) is 2.77. The van der Waals surface area contributed by atoms with E-state index in [2.05, 4.69) is 25.7 Å². The molecule has 0 aliphatic carbocycles. The van der Waals surface area contributed by atoms with Crippen molar-refractivity contribution in [3.8, 4) is 11.8 Å². The summed E-state index contributed by atoms with van der Waals surface area (Å²) in [5.74, 6) is 5.95. The predicted octanol–water partition coefficient (Wildman–Crippen LogP) is 2.71. The SMILES string of the molecule is CCC1(CC)CCN(C(=O)c2csc(C#CCN)c2)C1. The molecule has 2 N–H and O–H groups in total. The lowest BCUT2D eigenvalue weighted by Gasteiger charge is -2.26. The van der Waals surface area contributed by atoms with Crippen molar-refractivity contribution in [3.05, 3.63) is 21.9 Å². The molecule has 0 radical (unpaired) electrons. The molecule has 1 aromatic heterocycles. The summed E-state index contributed by atoms with van der Waals surface area (Å²) in [6.45, 7) is 6.56. The normalized spacial score (nSPS) is 16.9. The predicted molar refractivity (Wildman–Crippen MR) is 83.8 cm³/mol. The van der Waals surface area contributed by atoms with E-state index in [-0.39, 0.29) is 5.91 Å². The van der Waals surface area contributed by atoms with Crippen LogP contribution in [0.2, 0.25) is 0 Å². The maximum Gasteiger partial charge on any atom is 0.254 e. The van der Waals surface area contributed by atoms with Gasteiger partial charge in [0.05, 0.1) is 17.0 Å². The molecule has 3 nitrogen and oxygen atoms in total. The monoisotopic (exact) mass is 290 g/mol. The Morgan fingerprint density at radius 1 is 1.50 bits per heavy atom. The van der Waals surface area contributed by atoms with Crippen molar-refractivity contribution in [1.29, 1.82) is 0 Å². The summed E-state index contributed by atoms with van der Waals surface area (Å²) in [6.07, 6.45) is 3.41. The lowest BCUT2D eigenvalue weighted by molar-refractivity contribution is 0.0770. The van der Waals surface area contributed by atoms with E-state index in [1.54, 1.807) is 0 Å². The summed E-state index contributed by atoms with van der Waals surface area (Å²) >= 11 is 1.51. The van der Waals surface area contributed by atoms with Gasteiger partial charge in [-0.15, -0.1) is 11.3 Å². The van der Waals surface area contributed by atoms with Gasteiger partial charge in [-0.25, -0.2) is 0 Å². The van der Waals surface area contributed by atoms with E-state index < -0.39 is 0 Å². The number of nitrogens with two attached hydrogens (primary N) is 1. The van der Waals surface area contributed by atoms with Gasteiger partial charge in [-0.05, 0) is 30.7 Å². The Morgan fingerprint density at radius 3 is 2.85 bits per heavy atom. The van der Waals surface area contributed by atoms with Crippen LogP contribution in [0.4, 0.5) is 0 Å². The van der Waals surface area contributed by atoms with E-state index in [1.807, 2.05) is 16.3 Å². The van der Waals surface area contributed by atoms with Crippen molar-refractivity contribution in [3.63, 3.8) is 0 Å². The Bertz CT molecular complexity index is 534. The largest absolute Gasteiger partial charge is 0.338 e. The van der Waals surface area contributed by atoms with Gasteiger partial charge in [0.1, 0.15) is 0 Å². The van der Waals surface area contributed by atoms with Crippen LogP contribution in [0, 0.1) is 17.3 Å². The first kappa shape index (κ1) is 15.1. The third kappa shape index (κ3) is 3.05. The second-order valence-electron chi connectivity index (χ2n) is 5.39. The maximum atomic E-state index is 12.5. The molecule has 2 rings (SSSR count). The van der Waals surface area contributed by atoms with Crippen LogP contribution in [0.25, 0.3) is 0 Å². The quantitative estimate of drug-likeness (QED) is 0.870. The van der Waals surface area contributed by atoms with Gasteiger partial charge in [0.25, 0.3) is 5.91 Å². The zero-order valence-electron chi connectivity index (χ0n) is 12.2. The number of thiophene rings is 1. The topological polar surface area (TPSA) is 46.3 Å². The summed E-state index contributed by atoms with van der Waals surface area (Å²) in [5, 5.41) is 1.90. The maximum absolute atomic E-state index is 12.5. The van der Waals surface area contributed by atoms with Crippen molar-refractivity contribution in [2.75, 3.05) is 19.6 Å². The fraction of sp³-hybridized carbons (Fsp3) is 0.562. The minimum atomic E-state index is 0.144. The molecule has 1 aromatic rings. The molecule has 2 heterocycles. The Hall–Kier alpha value is -1.31. The third-order valence-corrected chi connectivity index (χ3v) is 5.23. The molecule has 1 aliphatic rings. The van der Waals surface area contributed by atoms with Crippen LogP contribution in [0.1, 0.15) is 48.3 Å². The summed E-state index contributed by atoms with van der Waals surface area (Å²) < 4.78 is 0. The summed E-state index contributed by atoms with van der Waals surface area (Å²) in [7, 11) is 0. The molecule has 0 saturated carbocycles. The van der Waals surface area contributed by atoms with E-state index >= 15 is 0 Å². The van der Waals surface area contributed by atoms with Gasteiger partial charge in [-0.2, -0.15) is 0 Å². The van der Waals surface area contributed by atoms with E-state index in [1.165, 1.54) is 11.3 Å². The average Bonchev–Trinajstić information content (AvgIpc) is 3.12. The van der Waals surface area contributed by atoms with Crippen molar-refractivity contribution in [2.24, 2.45) is 11.1 Å². The van der Waals surface area contributed by atoms with Crippen molar-refractivity contribution >= 4 is 17.2 Å². The standard InChI is InChI=1S/C16H22N2OS/c1-3-16(4-2)7-9-18(12-16)15(19)13-10-14(20-11-13)6-5-8-17/h10-11H,3-4,7-9,12,17H2,1-2H3. The molecule has 4 heteroatoms. The molecule has 1 saturated heterocycles. The molecule has 0 aromatic carbocycles. The molecular weight excluding hydrogens is 268 g/mol. The molecule has 1 fully saturated rings. The minimum absolute atomic E-state index is 0.144. The summed E-state index contributed by atoms with van der Waals surface area (Å²) in [4.78, 5) is 15.4. The first-order chi connectivity index (χ1) is 9.64. The van der Waals surface area contributed by atoms with Gasteiger partial charge in [0, 0.05) is 18.5 Å². The summed E-state index contributed by atoms with van der Waals surface area (Å²) in [6, 6.07) is 1.88. The lowest BCUT2D eigenvalue weighted by Crippen LogP contribution is -2.31. The Labute approximate surface area is 125 Å². The van der Waals surface area contributed by atoms with E-state index in [4.69, 9.17) is 5.73 Å². The van der Waals surface area contributed by atoms with E-state index in [0.29, 0.717) is 12.0 Å². The highest BCUT2D eigenvalue weighted by Gasteiger charge is 2.37. The smallest absolute Gasteiger partial charge is 0.254 e. The molecule has 20 heavy (non-hydrogen) atoms. The highest BCUT2D eigenvalue weighted by Crippen LogP contribution is 2.37. The molecule has 1 aliphatic heterocycles. The number of nitrogens with zero attached hydrogens (tertiary/aromatic N) is 1. The van der Waals surface area contributed by atoms with Gasteiger partial charge in [0.15, 0.2) is 0 Å². The molecule has 0 unspecified atom stereocenters. The van der Waals surface area contributed by atoms with Crippen LogP contribution in [-0.2, 0) is 0 Å². The van der Waals surface area contributed by atoms with Crippen LogP contribution in [-0.4, -0.2) is 30.4 Å². The number of carbonyl (C=O) groups is 1. The lowest BCUT2D eigenvalue weighted by atomic mass is 9.82. The molecule has 0 atom stereocenters. The van der Waals surface area contributed by atoms with Gasteiger partial charge in [-0.1, -0.05) is 25.7 Å². The van der Waals surface area contributed by atoms with Crippen LogP contribution in [0.5, 0.6) is 0 Å². The van der Waals surface area contributed by atoms with Gasteiger partial charge in [0.2, 0.25) is 0 Å². The first-order valence-corrected chi connectivity index (χ1v) is 8.09. The van der Waals surface area contributed by atoms with Gasteiger partial charge in [-0.3, -0.25) is 4.79 Å². The number of hydrogen-bond donors (Lipinski definition) is 1. The van der Waals surface area contributed by atoms with Crippen molar-refractivity contribution in [1.82, 2.24) is 4.90 Å². The Morgan fingerprint density at radius 2 is 2.25 bits per heavy atom. The average molecular weight is 290 g/mol. The van der Waals surface area contributed by atoms with Crippen LogP contribution >= 0.6 is 11.3 Å². The van der Waals surface area contributed by atoms with Crippen molar-refractivity contribution < 1.29 is 4.79 Å². The second-order valence-corrected chi connectivity index (χ2v) is 6.30. The fourth-order valence-corrected chi connectivity index (χ4v) is 3.52. The molecule has 108 valence electrons. The number of carbonyl (C=O) groups excluding carboxylic acids is 1. The Balaban J connectivity index is 2.07. The first-order valence-electron chi connectivity index (χ1n) is 7.21. The van der Waals surface area contributed by atoms with Crippen molar-refractivity contribution in [2.45, 2.75) is 33.1 Å². The number of likely N-dealkylation sites (tertiary alicyclic amines) is 1. The van der Waals surface area contributed by atoms with Crippen LogP contribution in [0.15, 0.2) is 11.4 Å². The molecule has 0 bridgehead atoms. The zero-order valence-corrected chi connectivity index (χ0v) is 13.1. The minimum Gasteiger partial charge on any atom is -0.338 e. The van der Waals surface area contributed by atoms with Gasteiger partial charge >= 0.3 is 0 Å². The number of rotatable bonds is 3. The molecule has 1 amide bonds. The second kappa shape index (κ2) is 6.43. The van der Waals surface area contributed by atoms with Crippen LogP contribution < -0.4 is 5.73 Å². The van der Waals surface area contributed by atoms with Gasteiger partial charge < -0.3 is 10.6 Å². The highest BCUT2D eigenvalue weighted by atomic mass is 32.1. The number of amides is 1. The zero-order chi connectivity index (χ0) is 14.6. The summed E-state index contributed by atoms with van der Waals surface area (Å²) in [5.41, 5.74) is 6.45. The third-order valence-electron chi connectivity index (χ3n) is 4.39. The van der Waals surface area contributed by atoms with Crippen LogP contribution in [0.3, 0.4) is 0 Å². The number of hydrogen-bond acceptors (Lipinski definition) is 3. The van der Waals surface area contributed by atoms with E-state index in [0.717, 1.165) is 42.8 Å². The van der Waals surface area contributed by atoms with E-state index in [9.17, 15) is 4.79 Å². The highest BCUT2D eigenvalue weighted by molar-refractivity contribution is 7.10. The Kier molecular flexibility index (Phi) is 4.85. The molecular formula is C16H22N2OS.